The molecule has 0 aromatic carbocycles. The SMILES string of the molecule is CC1CN(C(=O)C2CCCN2)C(C)CO1. The van der Waals surface area contributed by atoms with Gasteiger partial charge in [-0.25, -0.2) is 0 Å². The number of nitrogens with one attached hydrogen (secondary N) is 1. The Balaban J connectivity index is 1.97. The van der Waals surface area contributed by atoms with Gasteiger partial charge < -0.3 is 15.0 Å². The third-order valence-corrected chi connectivity index (χ3v) is 3.25. The predicted octanol–water partition coefficient (Wildman–Crippen LogP) is 0.374. The van der Waals surface area contributed by atoms with Gasteiger partial charge in [0.25, 0.3) is 0 Å². The summed E-state index contributed by atoms with van der Waals surface area (Å²) in [6.07, 6.45) is 2.27. The Hall–Kier alpha value is -0.610. The van der Waals surface area contributed by atoms with Crippen LogP contribution in [0, 0.1) is 0 Å². The van der Waals surface area contributed by atoms with E-state index in [1.54, 1.807) is 0 Å². The molecule has 4 heteroatoms. The summed E-state index contributed by atoms with van der Waals surface area (Å²) in [4.78, 5) is 14.1. The summed E-state index contributed by atoms with van der Waals surface area (Å²) >= 11 is 0. The number of rotatable bonds is 1. The normalized spacial score (nSPS) is 36.9. The lowest BCUT2D eigenvalue weighted by molar-refractivity contribution is -0.145. The zero-order chi connectivity index (χ0) is 10.8. The summed E-state index contributed by atoms with van der Waals surface area (Å²) in [6, 6.07) is 0.272. The summed E-state index contributed by atoms with van der Waals surface area (Å²) in [6.45, 7) is 6.45. The summed E-state index contributed by atoms with van der Waals surface area (Å²) in [5.41, 5.74) is 0. The van der Waals surface area contributed by atoms with Crippen LogP contribution in [0.1, 0.15) is 26.7 Å². The summed E-state index contributed by atoms with van der Waals surface area (Å²) in [7, 11) is 0. The second kappa shape index (κ2) is 4.49. The molecule has 4 nitrogen and oxygen atoms in total. The van der Waals surface area contributed by atoms with Crippen LogP contribution in [-0.4, -0.2) is 48.7 Å². The van der Waals surface area contributed by atoms with Crippen molar-refractivity contribution in [1.29, 1.82) is 0 Å². The lowest BCUT2D eigenvalue weighted by Gasteiger charge is -2.38. The fourth-order valence-electron chi connectivity index (χ4n) is 2.31. The maximum atomic E-state index is 12.2. The van der Waals surface area contributed by atoms with Crippen molar-refractivity contribution in [1.82, 2.24) is 10.2 Å². The minimum absolute atomic E-state index is 0.0535. The van der Waals surface area contributed by atoms with Crippen molar-refractivity contribution in [3.63, 3.8) is 0 Å². The van der Waals surface area contributed by atoms with Gasteiger partial charge in [-0.1, -0.05) is 0 Å². The second-order valence-corrected chi connectivity index (χ2v) is 4.63. The van der Waals surface area contributed by atoms with Crippen LogP contribution in [0.4, 0.5) is 0 Å². The molecule has 3 atom stereocenters. The van der Waals surface area contributed by atoms with Crippen LogP contribution < -0.4 is 5.32 Å². The highest BCUT2D eigenvalue weighted by Crippen LogP contribution is 2.16. The number of nitrogens with zero attached hydrogens (tertiary/aromatic N) is 1. The molecule has 0 spiro atoms. The maximum Gasteiger partial charge on any atom is 0.240 e. The monoisotopic (exact) mass is 212 g/mol. The lowest BCUT2D eigenvalue weighted by atomic mass is 10.1. The molecule has 0 aliphatic carbocycles. The average molecular weight is 212 g/mol. The first-order valence-corrected chi connectivity index (χ1v) is 5.84. The summed E-state index contributed by atoms with van der Waals surface area (Å²) in [5, 5.41) is 3.26. The number of hydrogen-bond acceptors (Lipinski definition) is 3. The molecule has 0 aromatic rings. The van der Waals surface area contributed by atoms with Gasteiger partial charge in [0.15, 0.2) is 0 Å². The minimum atomic E-state index is 0.0535. The van der Waals surface area contributed by atoms with Gasteiger partial charge in [0.05, 0.1) is 24.8 Å². The van der Waals surface area contributed by atoms with Gasteiger partial charge in [0, 0.05) is 6.54 Å². The van der Waals surface area contributed by atoms with Crippen LogP contribution in [-0.2, 0) is 9.53 Å². The van der Waals surface area contributed by atoms with Crippen LogP contribution in [0.25, 0.3) is 0 Å². The highest BCUT2D eigenvalue weighted by atomic mass is 16.5. The lowest BCUT2D eigenvalue weighted by Crippen LogP contribution is -2.54. The fraction of sp³-hybridized carbons (Fsp3) is 0.909. The molecule has 2 aliphatic heterocycles. The van der Waals surface area contributed by atoms with Crippen molar-refractivity contribution in [2.24, 2.45) is 0 Å². The molecule has 2 saturated heterocycles. The molecule has 0 radical (unpaired) electrons. The average Bonchev–Trinajstić information content (AvgIpc) is 2.74. The van der Waals surface area contributed by atoms with E-state index in [4.69, 9.17) is 4.74 Å². The van der Waals surface area contributed by atoms with Crippen molar-refractivity contribution < 1.29 is 9.53 Å². The van der Waals surface area contributed by atoms with Gasteiger partial charge in [0.1, 0.15) is 0 Å². The molecule has 2 rings (SSSR count). The summed E-state index contributed by atoms with van der Waals surface area (Å²) in [5.74, 6) is 0.259. The van der Waals surface area contributed by atoms with Crippen molar-refractivity contribution in [3.8, 4) is 0 Å². The van der Waals surface area contributed by atoms with Crippen LogP contribution in [0.15, 0.2) is 0 Å². The number of carbonyl (C=O) groups is 1. The quantitative estimate of drug-likeness (QED) is 0.683. The van der Waals surface area contributed by atoms with Crippen molar-refractivity contribution >= 4 is 5.91 Å². The Labute approximate surface area is 91.0 Å². The van der Waals surface area contributed by atoms with Crippen LogP contribution in [0.2, 0.25) is 0 Å². The van der Waals surface area contributed by atoms with Gasteiger partial charge in [-0.2, -0.15) is 0 Å². The van der Waals surface area contributed by atoms with E-state index in [9.17, 15) is 4.79 Å². The first-order valence-electron chi connectivity index (χ1n) is 5.84. The first-order chi connectivity index (χ1) is 7.18. The third-order valence-electron chi connectivity index (χ3n) is 3.25. The molecular weight excluding hydrogens is 192 g/mol. The van der Waals surface area contributed by atoms with Gasteiger partial charge in [0.2, 0.25) is 5.91 Å². The van der Waals surface area contributed by atoms with Crippen LogP contribution in [0.5, 0.6) is 0 Å². The smallest absolute Gasteiger partial charge is 0.240 e. The largest absolute Gasteiger partial charge is 0.375 e. The molecular formula is C11H20N2O2. The molecule has 2 heterocycles. The van der Waals surface area contributed by atoms with Crippen molar-refractivity contribution in [3.05, 3.63) is 0 Å². The highest BCUT2D eigenvalue weighted by Gasteiger charge is 2.33. The highest BCUT2D eigenvalue weighted by molar-refractivity contribution is 5.82. The molecule has 1 N–H and O–H groups in total. The van der Waals surface area contributed by atoms with E-state index < -0.39 is 0 Å². The van der Waals surface area contributed by atoms with Gasteiger partial charge in [-0.15, -0.1) is 0 Å². The minimum Gasteiger partial charge on any atom is -0.375 e. The number of ether oxygens (including phenoxy) is 1. The van der Waals surface area contributed by atoms with E-state index in [1.807, 2.05) is 11.8 Å². The molecule has 2 fully saturated rings. The third kappa shape index (κ3) is 2.32. The molecule has 0 saturated carbocycles. The standard InChI is InChI=1S/C11H20N2O2/c1-8-7-15-9(2)6-13(8)11(14)10-4-3-5-12-10/h8-10,12H,3-7H2,1-2H3. The zero-order valence-corrected chi connectivity index (χ0v) is 9.53. The van der Waals surface area contributed by atoms with Gasteiger partial charge in [-0.3, -0.25) is 4.79 Å². The van der Waals surface area contributed by atoms with E-state index in [1.165, 1.54) is 0 Å². The molecule has 86 valence electrons. The van der Waals surface area contributed by atoms with Crippen molar-refractivity contribution in [2.45, 2.75) is 44.9 Å². The maximum absolute atomic E-state index is 12.2. The number of morpholine rings is 1. The second-order valence-electron chi connectivity index (χ2n) is 4.63. The fourth-order valence-corrected chi connectivity index (χ4v) is 2.31. The van der Waals surface area contributed by atoms with E-state index in [0.29, 0.717) is 6.61 Å². The predicted molar refractivity (Wildman–Crippen MR) is 57.6 cm³/mol. The van der Waals surface area contributed by atoms with E-state index >= 15 is 0 Å². The molecule has 3 unspecified atom stereocenters. The number of amides is 1. The topological polar surface area (TPSA) is 41.6 Å². The number of carbonyl (C=O) groups excluding carboxylic acids is 1. The van der Waals surface area contributed by atoms with Gasteiger partial charge >= 0.3 is 0 Å². The Morgan fingerprint density at radius 1 is 1.47 bits per heavy atom. The van der Waals surface area contributed by atoms with Gasteiger partial charge in [-0.05, 0) is 33.2 Å². The van der Waals surface area contributed by atoms with E-state index in [-0.39, 0.29) is 24.1 Å². The Morgan fingerprint density at radius 3 is 2.93 bits per heavy atom. The zero-order valence-electron chi connectivity index (χ0n) is 9.53. The Bertz CT molecular complexity index is 239. The Morgan fingerprint density at radius 2 is 2.27 bits per heavy atom. The summed E-state index contributed by atoms with van der Waals surface area (Å²) < 4.78 is 5.52. The molecule has 1 amide bonds. The molecule has 0 aromatic heterocycles. The van der Waals surface area contributed by atoms with Crippen LogP contribution >= 0.6 is 0 Å². The van der Waals surface area contributed by atoms with E-state index in [0.717, 1.165) is 25.9 Å². The molecule has 15 heavy (non-hydrogen) atoms. The Kier molecular flexibility index (Phi) is 3.26. The van der Waals surface area contributed by atoms with Crippen LogP contribution in [0.3, 0.4) is 0 Å². The number of hydrogen-bond donors (Lipinski definition) is 1. The van der Waals surface area contributed by atoms with Crippen molar-refractivity contribution in [2.75, 3.05) is 19.7 Å². The first kappa shape index (κ1) is 10.9. The van der Waals surface area contributed by atoms with E-state index in [2.05, 4.69) is 12.2 Å². The molecule has 2 aliphatic rings. The molecule has 0 bridgehead atoms.